The smallest absolute Gasteiger partial charge is 0.220 e. The van der Waals surface area contributed by atoms with Gasteiger partial charge in [0.15, 0.2) is 0 Å². The van der Waals surface area contributed by atoms with Gasteiger partial charge in [0.2, 0.25) is 5.91 Å². The molecule has 0 radical (unpaired) electrons. The van der Waals surface area contributed by atoms with E-state index in [1.165, 1.54) is 6.07 Å². The van der Waals surface area contributed by atoms with Crippen molar-refractivity contribution in [2.75, 3.05) is 0 Å². The van der Waals surface area contributed by atoms with E-state index in [4.69, 9.17) is 0 Å². The van der Waals surface area contributed by atoms with E-state index in [9.17, 15) is 9.18 Å². The summed E-state index contributed by atoms with van der Waals surface area (Å²) in [5.74, 6) is -0.314. The zero-order chi connectivity index (χ0) is 18.4. The van der Waals surface area contributed by atoms with E-state index in [2.05, 4.69) is 15.3 Å². The molecule has 0 atom stereocenters. The fraction of sp³-hybridized carbons (Fsp3) is 0.190. The molecule has 2 aromatic heterocycles. The average molecular weight is 349 g/mol. The molecule has 4 nitrogen and oxygen atoms in total. The minimum atomic E-state index is -0.237. The molecule has 2 heterocycles. The molecular formula is C21H20FN3O. The molecule has 0 fully saturated rings. The molecule has 132 valence electrons. The van der Waals surface area contributed by atoms with Crippen molar-refractivity contribution in [2.24, 2.45) is 0 Å². The summed E-state index contributed by atoms with van der Waals surface area (Å²) < 4.78 is 13.6. The molecule has 0 aliphatic carbocycles. The normalized spacial score (nSPS) is 10.5. The molecule has 0 spiro atoms. The van der Waals surface area contributed by atoms with Gasteiger partial charge in [0.05, 0.1) is 5.69 Å². The molecule has 3 rings (SSSR count). The zero-order valence-corrected chi connectivity index (χ0v) is 14.6. The summed E-state index contributed by atoms with van der Waals surface area (Å²) >= 11 is 0. The third kappa shape index (κ3) is 4.51. The Labute approximate surface area is 152 Å². The highest BCUT2D eigenvalue weighted by molar-refractivity contribution is 5.76. The van der Waals surface area contributed by atoms with Crippen LogP contribution in [0.2, 0.25) is 0 Å². The van der Waals surface area contributed by atoms with Crippen LogP contribution in [0.5, 0.6) is 0 Å². The second-order valence-corrected chi connectivity index (χ2v) is 6.11. The molecule has 1 N–H and O–H groups in total. The van der Waals surface area contributed by atoms with Crippen LogP contribution in [0.25, 0.3) is 11.3 Å². The van der Waals surface area contributed by atoms with Crippen LogP contribution < -0.4 is 5.32 Å². The number of aryl methyl sites for hydroxylation is 2. The van der Waals surface area contributed by atoms with Gasteiger partial charge < -0.3 is 5.32 Å². The van der Waals surface area contributed by atoms with Gasteiger partial charge in [-0.25, -0.2) is 4.39 Å². The van der Waals surface area contributed by atoms with Crippen LogP contribution in [0.4, 0.5) is 4.39 Å². The van der Waals surface area contributed by atoms with Gasteiger partial charge in [-0.3, -0.25) is 14.8 Å². The molecule has 1 aromatic carbocycles. The molecule has 0 saturated carbocycles. The Morgan fingerprint density at radius 2 is 2.00 bits per heavy atom. The monoisotopic (exact) mass is 349 g/mol. The topological polar surface area (TPSA) is 54.9 Å². The lowest BCUT2D eigenvalue weighted by atomic mass is 10.1. The molecule has 5 heteroatoms. The second-order valence-electron chi connectivity index (χ2n) is 6.11. The summed E-state index contributed by atoms with van der Waals surface area (Å²) in [7, 11) is 0. The third-order valence-electron chi connectivity index (χ3n) is 4.18. The van der Waals surface area contributed by atoms with Crippen molar-refractivity contribution in [1.82, 2.24) is 15.3 Å². The molecular weight excluding hydrogens is 329 g/mol. The number of hydrogen-bond donors (Lipinski definition) is 1. The van der Waals surface area contributed by atoms with Crippen LogP contribution in [0, 0.1) is 12.7 Å². The Morgan fingerprint density at radius 3 is 2.77 bits per heavy atom. The van der Waals surface area contributed by atoms with E-state index >= 15 is 0 Å². The van der Waals surface area contributed by atoms with E-state index in [-0.39, 0.29) is 11.7 Å². The van der Waals surface area contributed by atoms with Crippen molar-refractivity contribution < 1.29 is 9.18 Å². The maximum atomic E-state index is 13.6. The quantitative estimate of drug-likeness (QED) is 0.736. The highest BCUT2D eigenvalue weighted by Gasteiger charge is 2.09. The number of benzene rings is 1. The molecule has 3 aromatic rings. The van der Waals surface area contributed by atoms with E-state index < -0.39 is 0 Å². The molecule has 1 amide bonds. The number of nitrogens with zero attached hydrogens (tertiary/aromatic N) is 2. The largest absolute Gasteiger partial charge is 0.352 e. The van der Waals surface area contributed by atoms with Crippen molar-refractivity contribution in [3.05, 3.63) is 83.6 Å². The van der Waals surface area contributed by atoms with Crippen LogP contribution in [0.15, 0.2) is 61.1 Å². The van der Waals surface area contributed by atoms with Gasteiger partial charge in [0.1, 0.15) is 5.82 Å². The number of aromatic nitrogens is 2. The number of amides is 1. The highest BCUT2D eigenvalue weighted by Crippen LogP contribution is 2.19. The molecule has 0 saturated heterocycles. The minimum absolute atomic E-state index is 0.0769. The van der Waals surface area contributed by atoms with Crippen molar-refractivity contribution in [3.63, 3.8) is 0 Å². The van der Waals surface area contributed by atoms with Gasteiger partial charge in [-0.05, 0) is 54.3 Å². The predicted octanol–water partition coefficient (Wildman–Crippen LogP) is 3.84. The van der Waals surface area contributed by atoms with Gasteiger partial charge in [0.25, 0.3) is 0 Å². The molecule has 0 aliphatic rings. The number of rotatable bonds is 6. The van der Waals surface area contributed by atoms with E-state index in [0.29, 0.717) is 24.9 Å². The van der Waals surface area contributed by atoms with Crippen LogP contribution in [-0.4, -0.2) is 15.9 Å². The number of pyridine rings is 2. The summed E-state index contributed by atoms with van der Waals surface area (Å²) in [5.41, 5.74) is 4.07. The number of nitrogens with one attached hydrogen (secondary N) is 1. The van der Waals surface area contributed by atoms with Crippen molar-refractivity contribution >= 4 is 5.91 Å². The first-order chi connectivity index (χ1) is 12.6. The zero-order valence-electron chi connectivity index (χ0n) is 14.6. The van der Waals surface area contributed by atoms with Crippen LogP contribution in [0.3, 0.4) is 0 Å². The number of hydrogen-bond acceptors (Lipinski definition) is 3. The van der Waals surface area contributed by atoms with E-state index in [0.717, 1.165) is 22.4 Å². The fourth-order valence-corrected chi connectivity index (χ4v) is 2.68. The summed E-state index contributed by atoms with van der Waals surface area (Å²) in [6.07, 6.45) is 6.00. The Hall–Kier alpha value is -3.08. The Balaban J connectivity index is 1.59. The lowest BCUT2D eigenvalue weighted by Gasteiger charge is -2.10. The number of halogens is 1. The van der Waals surface area contributed by atoms with Crippen molar-refractivity contribution in [3.8, 4) is 11.3 Å². The molecule has 0 bridgehead atoms. The predicted molar refractivity (Wildman–Crippen MR) is 98.8 cm³/mol. The van der Waals surface area contributed by atoms with Crippen molar-refractivity contribution in [1.29, 1.82) is 0 Å². The maximum absolute atomic E-state index is 13.6. The number of carbonyl (C=O) groups excluding carboxylic acids is 1. The summed E-state index contributed by atoms with van der Waals surface area (Å²) in [4.78, 5) is 20.7. The van der Waals surface area contributed by atoms with Gasteiger partial charge >= 0.3 is 0 Å². The van der Waals surface area contributed by atoms with E-state index in [1.54, 1.807) is 31.6 Å². The molecule has 0 unspecified atom stereocenters. The minimum Gasteiger partial charge on any atom is -0.352 e. The van der Waals surface area contributed by atoms with Gasteiger partial charge in [-0.2, -0.15) is 0 Å². The summed E-state index contributed by atoms with van der Waals surface area (Å²) in [5, 5.41) is 2.91. The summed E-state index contributed by atoms with van der Waals surface area (Å²) in [6.45, 7) is 2.11. The molecule has 26 heavy (non-hydrogen) atoms. The fourth-order valence-electron chi connectivity index (χ4n) is 2.68. The highest BCUT2D eigenvalue weighted by atomic mass is 19.1. The van der Waals surface area contributed by atoms with Gasteiger partial charge in [-0.1, -0.05) is 18.2 Å². The summed E-state index contributed by atoms with van der Waals surface area (Å²) in [6, 6.07) is 12.6. The first-order valence-corrected chi connectivity index (χ1v) is 8.49. The Morgan fingerprint density at radius 1 is 1.15 bits per heavy atom. The first kappa shape index (κ1) is 17.7. The Kier molecular flexibility index (Phi) is 5.69. The van der Waals surface area contributed by atoms with E-state index in [1.807, 2.05) is 30.3 Å². The molecule has 0 aliphatic heterocycles. The maximum Gasteiger partial charge on any atom is 0.220 e. The SMILES string of the molecule is Cc1ccc(CCC(=O)NCc2cccnc2-c2cccnc2)cc1F. The lowest BCUT2D eigenvalue weighted by molar-refractivity contribution is -0.121. The third-order valence-corrected chi connectivity index (χ3v) is 4.18. The first-order valence-electron chi connectivity index (χ1n) is 8.49. The standard InChI is InChI=1S/C21H20FN3O/c1-15-6-7-16(12-19(15)22)8-9-20(26)25-14-18-5-3-11-24-21(18)17-4-2-10-23-13-17/h2-7,10-13H,8-9,14H2,1H3,(H,25,26). The lowest BCUT2D eigenvalue weighted by Crippen LogP contribution is -2.23. The van der Waals surface area contributed by atoms with Crippen LogP contribution >= 0.6 is 0 Å². The van der Waals surface area contributed by atoms with Crippen molar-refractivity contribution in [2.45, 2.75) is 26.3 Å². The second kappa shape index (κ2) is 8.34. The van der Waals surface area contributed by atoms with Gasteiger partial charge in [0, 0.05) is 37.1 Å². The van der Waals surface area contributed by atoms with Crippen LogP contribution in [0.1, 0.15) is 23.1 Å². The number of carbonyl (C=O) groups is 1. The Bertz CT molecular complexity index is 897. The van der Waals surface area contributed by atoms with Crippen LogP contribution in [-0.2, 0) is 17.8 Å². The van der Waals surface area contributed by atoms with Gasteiger partial charge in [-0.15, -0.1) is 0 Å². The average Bonchev–Trinajstić information content (AvgIpc) is 2.68.